The zero-order valence-electron chi connectivity index (χ0n) is 19.5. The molecule has 0 bridgehead atoms. The van der Waals surface area contributed by atoms with E-state index in [1.807, 2.05) is 54.0 Å². The highest BCUT2D eigenvalue weighted by molar-refractivity contribution is 7.92. The molecule has 0 N–H and O–H groups in total. The lowest BCUT2D eigenvalue weighted by Crippen LogP contribution is -2.29. The molecule has 2 heterocycles. The first kappa shape index (κ1) is 23.5. The number of carbonyl (C=O) groups is 1. The second-order valence-corrected chi connectivity index (χ2v) is 11.2. The molecule has 180 valence electrons. The van der Waals surface area contributed by atoms with Crippen molar-refractivity contribution in [2.24, 2.45) is 4.99 Å². The molecule has 0 saturated heterocycles. The molecular weight excluding hydrogens is 482 g/mol. The predicted octanol–water partition coefficient (Wildman–Crippen LogP) is 4.15. The molecule has 0 fully saturated rings. The van der Waals surface area contributed by atoms with Crippen molar-refractivity contribution in [1.29, 1.82) is 0 Å². The van der Waals surface area contributed by atoms with Crippen LogP contribution in [0, 0.1) is 6.92 Å². The highest BCUT2D eigenvalue weighted by atomic mass is 32.2. The number of fused-ring (bicyclic) bond motifs is 2. The fraction of sp³-hybridized carbons (Fsp3) is 0.231. The summed E-state index contributed by atoms with van der Waals surface area (Å²) in [5, 5.41) is 0. The quantitative estimate of drug-likeness (QED) is 0.393. The van der Waals surface area contributed by atoms with Crippen molar-refractivity contribution in [1.82, 2.24) is 4.57 Å². The minimum Gasteiger partial charge on any atom is -0.383 e. The Balaban J connectivity index is 1.46. The molecule has 0 atom stereocenters. The molecule has 7 nitrogen and oxygen atoms in total. The normalized spacial score (nSPS) is 14.0. The van der Waals surface area contributed by atoms with E-state index in [0.29, 0.717) is 42.2 Å². The molecule has 0 unspecified atom stereocenters. The average Bonchev–Trinajstić information content (AvgIpc) is 3.45. The number of ether oxygens (including phenoxy) is 1. The van der Waals surface area contributed by atoms with Crippen molar-refractivity contribution in [3.63, 3.8) is 0 Å². The lowest BCUT2D eigenvalue weighted by atomic mass is 10.2. The third-order valence-electron chi connectivity index (χ3n) is 6.15. The second-order valence-electron chi connectivity index (χ2n) is 8.35. The van der Waals surface area contributed by atoms with Crippen LogP contribution in [0.25, 0.3) is 10.2 Å². The number of hydrogen-bond acceptors (Lipinski definition) is 5. The van der Waals surface area contributed by atoms with Gasteiger partial charge in [-0.3, -0.25) is 9.10 Å². The Morgan fingerprint density at radius 2 is 1.83 bits per heavy atom. The van der Waals surface area contributed by atoms with Crippen molar-refractivity contribution in [3.8, 4) is 0 Å². The standard InChI is InChI=1S/C26H25N3O4S2/c1-18-6-5-9-23-24(18)28(16-17-33-2)26(34-23)27-25(30)20-10-12-21(13-11-20)35(31,32)29-15-14-19-7-3-4-8-22(19)29/h3-13H,14-17H2,1-2H3. The molecule has 1 aliphatic heterocycles. The second kappa shape index (κ2) is 9.41. The van der Waals surface area contributed by atoms with E-state index in [2.05, 4.69) is 4.99 Å². The Kier molecular flexibility index (Phi) is 6.31. The van der Waals surface area contributed by atoms with E-state index >= 15 is 0 Å². The van der Waals surface area contributed by atoms with Gasteiger partial charge in [-0.2, -0.15) is 4.99 Å². The molecule has 3 aromatic carbocycles. The molecule has 4 aromatic rings. The number of sulfonamides is 1. The first-order valence-electron chi connectivity index (χ1n) is 11.3. The van der Waals surface area contributed by atoms with E-state index < -0.39 is 15.9 Å². The molecule has 0 radical (unpaired) electrons. The van der Waals surface area contributed by atoms with E-state index in [1.54, 1.807) is 7.11 Å². The van der Waals surface area contributed by atoms with E-state index in [9.17, 15) is 13.2 Å². The Labute approximate surface area is 208 Å². The smallest absolute Gasteiger partial charge is 0.279 e. The number of aromatic nitrogens is 1. The number of thiazole rings is 1. The number of rotatable bonds is 6. The Hall–Kier alpha value is -3.27. The number of nitrogens with zero attached hydrogens (tertiary/aromatic N) is 3. The number of hydrogen-bond donors (Lipinski definition) is 0. The maximum atomic E-state index is 13.2. The zero-order valence-corrected chi connectivity index (χ0v) is 21.1. The maximum Gasteiger partial charge on any atom is 0.279 e. The van der Waals surface area contributed by atoms with Gasteiger partial charge in [-0.1, -0.05) is 41.7 Å². The van der Waals surface area contributed by atoms with Crippen LogP contribution in [0.4, 0.5) is 5.69 Å². The van der Waals surface area contributed by atoms with Crippen LogP contribution in [0.1, 0.15) is 21.5 Å². The molecule has 1 amide bonds. The molecule has 1 aliphatic rings. The third-order valence-corrected chi connectivity index (χ3v) is 9.02. The molecule has 0 spiro atoms. The van der Waals surface area contributed by atoms with Gasteiger partial charge < -0.3 is 9.30 Å². The van der Waals surface area contributed by atoms with Gasteiger partial charge >= 0.3 is 0 Å². The van der Waals surface area contributed by atoms with Gasteiger partial charge in [-0.05, 0) is 60.9 Å². The fourth-order valence-corrected chi connectivity index (χ4v) is 7.02. The molecule has 0 saturated carbocycles. The van der Waals surface area contributed by atoms with Crippen LogP contribution in [0.5, 0.6) is 0 Å². The van der Waals surface area contributed by atoms with Crippen molar-refractivity contribution < 1.29 is 17.9 Å². The van der Waals surface area contributed by atoms with Crippen LogP contribution in [0.15, 0.2) is 76.6 Å². The Morgan fingerprint density at radius 3 is 2.60 bits per heavy atom. The van der Waals surface area contributed by atoms with Crippen LogP contribution < -0.4 is 9.11 Å². The van der Waals surface area contributed by atoms with E-state index in [-0.39, 0.29) is 4.90 Å². The number of methoxy groups -OCH3 is 1. The topological polar surface area (TPSA) is 81.0 Å². The average molecular weight is 508 g/mol. The van der Waals surface area contributed by atoms with Crippen molar-refractivity contribution >= 4 is 43.2 Å². The van der Waals surface area contributed by atoms with E-state index in [4.69, 9.17) is 4.74 Å². The summed E-state index contributed by atoms with van der Waals surface area (Å²) in [6, 6.07) is 19.6. The van der Waals surface area contributed by atoms with Gasteiger partial charge in [0.05, 0.1) is 27.4 Å². The summed E-state index contributed by atoms with van der Waals surface area (Å²) in [6.07, 6.45) is 0.683. The van der Waals surface area contributed by atoms with Crippen LogP contribution >= 0.6 is 11.3 Å². The number of anilines is 1. The van der Waals surface area contributed by atoms with Gasteiger partial charge in [0.2, 0.25) is 0 Å². The number of benzene rings is 3. The monoisotopic (exact) mass is 507 g/mol. The molecule has 35 heavy (non-hydrogen) atoms. The molecule has 9 heteroatoms. The van der Waals surface area contributed by atoms with Crippen LogP contribution in [-0.4, -0.2) is 39.2 Å². The van der Waals surface area contributed by atoms with Crippen molar-refractivity contribution in [2.75, 3.05) is 24.6 Å². The van der Waals surface area contributed by atoms with Crippen LogP contribution in [0.3, 0.4) is 0 Å². The summed E-state index contributed by atoms with van der Waals surface area (Å²) in [4.78, 5) is 18.1. The summed E-state index contributed by atoms with van der Waals surface area (Å²) < 4.78 is 36.2. The minimum absolute atomic E-state index is 0.151. The maximum absolute atomic E-state index is 13.2. The van der Waals surface area contributed by atoms with E-state index in [1.165, 1.54) is 39.9 Å². The van der Waals surface area contributed by atoms with Gasteiger partial charge in [0.1, 0.15) is 0 Å². The molecular formula is C26H25N3O4S2. The Bertz CT molecular complexity index is 1590. The third kappa shape index (κ3) is 4.31. The number of amides is 1. The zero-order chi connectivity index (χ0) is 24.6. The largest absolute Gasteiger partial charge is 0.383 e. The number of carbonyl (C=O) groups excluding carboxylic acids is 1. The fourth-order valence-electron chi connectivity index (χ4n) is 4.39. The Morgan fingerprint density at radius 1 is 1.06 bits per heavy atom. The lowest BCUT2D eigenvalue weighted by molar-refractivity contribution is 0.0997. The van der Waals surface area contributed by atoms with Gasteiger partial charge in [-0.15, -0.1) is 0 Å². The first-order chi connectivity index (χ1) is 16.9. The van der Waals surface area contributed by atoms with E-state index in [0.717, 1.165) is 21.3 Å². The van der Waals surface area contributed by atoms with Crippen molar-refractivity contribution in [3.05, 3.63) is 88.2 Å². The lowest BCUT2D eigenvalue weighted by Gasteiger charge is -2.19. The van der Waals surface area contributed by atoms with Crippen molar-refractivity contribution in [2.45, 2.75) is 24.8 Å². The van der Waals surface area contributed by atoms with Crippen LogP contribution in [-0.2, 0) is 27.7 Å². The summed E-state index contributed by atoms with van der Waals surface area (Å²) in [6.45, 7) is 3.50. The highest BCUT2D eigenvalue weighted by Crippen LogP contribution is 2.32. The highest BCUT2D eigenvalue weighted by Gasteiger charge is 2.30. The first-order valence-corrected chi connectivity index (χ1v) is 13.5. The summed E-state index contributed by atoms with van der Waals surface area (Å²) in [7, 11) is -2.08. The minimum atomic E-state index is -3.72. The summed E-state index contributed by atoms with van der Waals surface area (Å²) >= 11 is 1.45. The summed E-state index contributed by atoms with van der Waals surface area (Å²) in [5.41, 5.74) is 4.19. The molecule has 1 aromatic heterocycles. The molecule has 5 rings (SSSR count). The van der Waals surface area contributed by atoms with Gasteiger partial charge in [0.25, 0.3) is 15.9 Å². The van der Waals surface area contributed by atoms with Gasteiger partial charge in [-0.25, -0.2) is 8.42 Å². The number of para-hydroxylation sites is 2. The number of aryl methyl sites for hydroxylation is 1. The SMILES string of the molecule is COCCn1c(=NC(=O)c2ccc(S(=O)(=O)N3CCc4ccccc43)cc2)sc2cccc(C)c21. The van der Waals surface area contributed by atoms with Gasteiger partial charge in [0.15, 0.2) is 4.80 Å². The van der Waals surface area contributed by atoms with Crippen LogP contribution in [0.2, 0.25) is 0 Å². The van der Waals surface area contributed by atoms with Gasteiger partial charge in [0, 0.05) is 25.8 Å². The predicted molar refractivity (Wildman–Crippen MR) is 137 cm³/mol. The molecule has 0 aliphatic carbocycles. The summed E-state index contributed by atoms with van der Waals surface area (Å²) in [5.74, 6) is -0.421.